The van der Waals surface area contributed by atoms with Gasteiger partial charge in [0.25, 0.3) is 5.91 Å². The molecule has 0 aliphatic heterocycles. The second kappa shape index (κ2) is 8.44. The summed E-state index contributed by atoms with van der Waals surface area (Å²) in [6, 6.07) is 11.3. The minimum atomic E-state index is -0.120. The van der Waals surface area contributed by atoms with Gasteiger partial charge in [-0.05, 0) is 42.7 Å². The molecule has 0 aliphatic carbocycles. The molecular formula is C17H16ClN3O2S2. The standard InChI is InChI=1S/C17H14ClN3OS2.H2O/c1-21(16(22)11-5-7-13(23-2)8-6-11)17-14(18)20-15(24-17)12-4-3-9-19-10-12;/h3-10H,1-2H3;1H2. The molecule has 2 aromatic heterocycles. The van der Waals surface area contributed by atoms with E-state index < -0.39 is 0 Å². The number of hydrogen-bond donors (Lipinski definition) is 0. The Morgan fingerprint density at radius 1 is 1.24 bits per heavy atom. The number of carbonyl (C=O) groups is 1. The Labute approximate surface area is 159 Å². The summed E-state index contributed by atoms with van der Waals surface area (Å²) in [4.78, 5) is 23.8. The molecule has 0 atom stereocenters. The highest BCUT2D eigenvalue weighted by Gasteiger charge is 2.20. The van der Waals surface area contributed by atoms with E-state index in [1.54, 1.807) is 31.2 Å². The SMILES string of the molecule is CSc1ccc(C(=O)N(C)c2sc(-c3cccnc3)nc2Cl)cc1.O. The van der Waals surface area contributed by atoms with Crippen molar-refractivity contribution in [1.82, 2.24) is 9.97 Å². The number of amides is 1. The van der Waals surface area contributed by atoms with Gasteiger partial charge in [0.1, 0.15) is 10.0 Å². The number of carbonyl (C=O) groups excluding carboxylic acids is 1. The molecular weight excluding hydrogens is 378 g/mol. The minimum Gasteiger partial charge on any atom is -0.412 e. The van der Waals surface area contributed by atoms with Crippen LogP contribution in [0, 0.1) is 0 Å². The van der Waals surface area contributed by atoms with Crippen molar-refractivity contribution in [2.24, 2.45) is 0 Å². The van der Waals surface area contributed by atoms with Gasteiger partial charge in [-0.1, -0.05) is 22.9 Å². The monoisotopic (exact) mass is 393 g/mol. The van der Waals surface area contributed by atoms with E-state index in [4.69, 9.17) is 11.6 Å². The van der Waals surface area contributed by atoms with Crippen LogP contribution in [0.25, 0.3) is 10.6 Å². The summed E-state index contributed by atoms with van der Waals surface area (Å²) >= 11 is 9.26. The molecule has 3 rings (SSSR count). The lowest BCUT2D eigenvalue weighted by molar-refractivity contribution is 0.0993. The summed E-state index contributed by atoms with van der Waals surface area (Å²) < 4.78 is 0. The van der Waals surface area contributed by atoms with E-state index in [-0.39, 0.29) is 11.4 Å². The number of halogens is 1. The average molecular weight is 394 g/mol. The molecule has 2 N–H and O–H groups in total. The van der Waals surface area contributed by atoms with E-state index in [2.05, 4.69) is 9.97 Å². The lowest BCUT2D eigenvalue weighted by Gasteiger charge is -2.15. The maximum Gasteiger partial charge on any atom is 0.258 e. The summed E-state index contributed by atoms with van der Waals surface area (Å²) in [5.74, 6) is -0.120. The fourth-order valence-electron chi connectivity index (χ4n) is 2.13. The van der Waals surface area contributed by atoms with Crippen LogP contribution in [0.4, 0.5) is 5.00 Å². The van der Waals surface area contributed by atoms with Gasteiger partial charge in [0, 0.05) is 35.5 Å². The Morgan fingerprint density at radius 2 is 1.96 bits per heavy atom. The average Bonchev–Trinajstić information content (AvgIpc) is 3.03. The van der Waals surface area contributed by atoms with Crippen LogP contribution in [0.5, 0.6) is 0 Å². The van der Waals surface area contributed by atoms with Crippen molar-refractivity contribution in [2.75, 3.05) is 18.2 Å². The Morgan fingerprint density at radius 3 is 2.56 bits per heavy atom. The number of thiazole rings is 1. The van der Waals surface area contributed by atoms with Crippen molar-refractivity contribution in [3.8, 4) is 10.6 Å². The van der Waals surface area contributed by atoms with Crippen LogP contribution in [0.3, 0.4) is 0 Å². The lowest BCUT2D eigenvalue weighted by Crippen LogP contribution is -2.25. The Kier molecular flexibility index (Phi) is 6.55. The first-order chi connectivity index (χ1) is 11.6. The summed E-state index contributed by atoms with van der Waals surface area (Å²) in [6.45, 7) is 0. The van der Waals surface area contributed by atoms with Crippen molar-refractivity contribution in [2.45, 2.75) is 4.90 Å². The zero-order chi connectivity index (χ0) is 17.1. The van der Waals surface area contributed by atoms with Crippen LogP contribution in [0.1, 0.15) is 10.4 Å². The number of benzene rings is 1. The third kappa shape index (κ3) is 4.19. The fraction of sp³-hybridized carbons (Fsp3) is 0.118. The van der Waals surface area contributed by atoms with E-state index in [1.807, 2.05) is 42.7 Å². The molecule has 0 saturated carbocycles. The van der Waals surface area contributed by atoms with Gasteiger partial charge >= 0.3 is 0 Å². The van der Waals surface area contributed by atoms with Crippen molar-refractivity contribution in [3.63, 3.8) is 0 Å². The molecule has 0 aliphatic rings. The first-order valence-electron chi connectivity index (χ1n) is 7.09. The van der Waals surface area contributed by atoms with Crippen LogP contribution in [0.15, 0.2) is 53.7 Å². The molecule has 0 bridgehead atoms. The van der Waals surface area contributed by atoms with Crippen molar-refractivity contribution < 1.29 is 10.3 Å². The van der Waals surface area contributed by atoms with E-state index in [0.29, 0.717) is 15.7 Å². The summed E-state index contributed by atoms with van der Waals surface area (Å²) in [5, 5.41) is 1.67. The topological polar surface area (TPSA) is 77.6 Å². The number of nitrogens with zero attached hydrogens (tertiary/aromatic N) is 3. The third-order valence-corrected chi connectivity index (χ3v) is 5.72. The summed E-state index contributed by atoms with van der Waals surface area (Å²) in [6.07, 6.45) is 5.43. The Balaban J connectivity index is 0.00000225. The van der Waals surface area contributed by atoms with Crippen LogP contribution in [0.2, 0.25) is 5.15 Å². The third-order valence-electron chi connectivity index (χ3n) is 3.42. The molecule has 0 fully saturated rings. The quantitative estimate of drug-likeness (QED) is 0.627. The number of aromatic nitrogens is 2. The molecule has 5 nitrogen and oxygen atoms in total. The van der Waals surface area contributed by atoms with Gasteiger partial charge in [-0.3, -0.25) is 9.78 Å². The highest BCUT2D eigenvalue weighted by molar-refractivity contribution is 7.98. The van der Waals surface area contributed by atoms with Gasteiger partial charge < -0.3 is 10.4 Å². The highest BCUT2D eigenvalue weighted by Crippen LogP contribution is 2.37. The summed E-state index contributed by atoms with van der Waals surface area (Å²) in [7, 11) is 1.71. The predicted molar refractivity (Wildman–Crippen MR) is 105 cm³/mol. The lowest BCUT2D eigenvalue weighted by atomic mass is 10.2. The van der Waals surface area contributed by atoms with E-state index >= 15 is 0 Å². The van der Waals surface area contributed by atoms with E-state index in [9.17, 15) is 4.79 Å². The second-order valence-corrected chi connectivity index (χ2v) is 7.16. The van der Waals surface area contributed by atoms with Gasteiger partial charge in [-0.25, -0.2) is 4.98 Å². The smallest absolute Gasteiger partial charge is 0.258 e. The van der Waals surface area contributed by atoms with E-state index in [0.717, 1.165) is 15.5 Å². The van der Waals surface area contributed by atoms with Crippen LogP contribution in [-0.2, 0) is 0 Å². The molecule has 0 spiro atoms. The van der Waals surface area contributed by atoms with Gasteiger partial charge in [0.2, 0.25) is 0 Å². The zero-order valence-electron chi connectivity index (χ0n) is 13.6. The van der Waals surface area contributed by atoms with Gasteiger partial charge in [0.05, 0.1) is 0 Å². The van der Waals surface area contributed by atoms with Crippen molar-refractivity contribution in [1.29, 1.82) is 0 Å². The number of anilines is 1. The molecule has 2 heterocycles. The molecule has 130 valence electrons. The number of thioether (sulfide) groups is 1. The molecule has 0 radical (unpaired) electrons. The summed E-state index contributed by atoms with van der Waals surface area (Å²) in [5.41, 5.74) is 1.49. The number of rotatable bonds is 4. The second-order valence-electron chi connectivity index (χ2n) is 4.95. The molecule has 1 aromatic carbocycles. The van der Waals surface area contributed by atoms with Gasteiger partial charge in [-0.2, -0.15) is 0 Å². The first kappa shape index (κ1) is 19.4. The zero-order valence-corrected chi connectivity index (χ0v) is 16.0. The highest BCUT2D eigenvalue weighted by atomic mass is 35.5. The number of pyridine rings is 1. The molecule has 3 aromatic rings. The van der Waals surface area contributed by atoms with Crippen molar-refractivity contribution in [3.05, 3.63) is 59.5 Å². The first-order valence-corrected chi connectivity index (χ1v) is 9.51. The van der Waals surface area contributed by atoms with Crippen molar-refractivity contribution >= 4 is 45.6 Å². The molecule has 0 saturated heterocycles. The fourth-order valence-corrected chi connectivity index (χ4v) is 3.83. The van der Waals surface area contributed by atoms with Gasteiger partial charge in [-0.15, -0.1) is 11.8 Å². The largest absolute Gasteiger partial charge is 0.412 e. The molecule has 1 amide bonds. The predicted octanol–water partition coefficient (Wildman–Crippen LogP) is 4.03. The number of hydrogen-bond acceptors (Lipinski definition) is 5. The van der Waals surface area contributed by atoms with Crippen LogP contribution in [-0.4, -0.2) is 34.7 Å². The minimum absolute atomic E-state index is 0. The molecule has 0 unspecified atom stereocenters. The maximum absolute atomic E-state index is 12.7. The maximum atomic E-state index is 12.7. The Bertz CT molecular complexity index is 854. The van der Waals surface area contributed by atoms with E-state index in [1.165, 1.54) is 16.2 Å². The van der Waals surface area contributed by atoms with Crippen LogP contribution < -0.4 is 4.90 Å². The van der Waals surface area contributed by atoms with Crippen LogP contribution >= 0.6 is 34.7 Å². The molecule has 25 heavy (non-hydrogen) atoms. The normalized spacial score (nSPS) is 10.2. The molecule has 8 heteroatoms. The van der Waals surface area contributed by atoms with Gasteiger partial charge in [0.15, 0.2) is 5.15 Å². The Hall–Kier alpha value is -1.93.